The van der Waals surface area contributed by atoms with Gasteiger partial charge in [-0.05, 0) is 17.9 Å². The molecule has 0 aliphatic carbocycles. The van der Waals surface area contributed by atoms with Crippen LogP contribution in [0.3, 0.4) is 0 Å². The van der Waals surface area contributed by atoms with Crippen LogP contribution in [0.25, 0.3) is 0 Å². The quantitative estimate of drug-likeness (QED) is 0.774. The lowest BCUT2D eigenvalue weighted by molar-refractivity contribution is -0.00168. The maximum absolute atomic E-state index is 5.48. The summed E-state index contributed by atoms with van der Waals surface area (Å²) in [6, 6.07) is 10.7. The molecule has 0 amide bonds. The normalized spacial score (nSPS) is 26.9. The van der Waals surface area contributed by atoms with E-state index in [0.29, 0.717) is 12.0 Å². The van der Waals surface area contributed by atoms with E-state index in [1.165, 1.54) is 5.56 Å². The van der Waals surface area contributed by atoms with Gasteiger partial charge in [0, 0.05) is 26.7 Å². The molecule has 88 valence electrons. The van der Waals surface area contributed by atoms with E-state index in [2.05, 4.69) is 42.2 Å². The zero-order valence-corrected chi connectivity index (χ0v) is 10.2. The van der Waals surface area contributed by atoms with Gasteiger partial charge in [0.05, 0.1) is 6.10 Å². The minimum absolute atomic E-state index is 0.451. The highest BCUT2D eigenvalue weighted by molar-refractivity contribution is 5.14. The van der Waals surface area contributed by atoms with Gasteiger partial charge in [-0.15, -0.1) is 0 Å². The lowest BCUT2D eigenvalue weighted by Gasteiger charge is -2.36. The van der Waals surface area contributed by atoms with Crippen molar-refractivity contribution in [1.29, 1.82) is 0 Å². The number of ether oxygens (including phenoxy) is 1. The molecule has 1 fully saturated rings. The van der Waals surface area contributed by atoms with Crippen molar-refractivity contribution in [2.75, 3.05) is 20.2 Å². The maximum atomic E-state index is 5.48. The summed E-state index contributed by atoms with van der Waals surface area (Å²) < 4.78 is 5.48. The zero-order chi connectivity index (χ0) is 11.4. The number of methoxy groups -OCH3 is 1. The lowest BCUT2D eigenvalue weighted by Crippen LogP contribution is -2.42. The molecule has 16 heavy (non-hydrogen) atoms. The molecule has 1 heterocycles. The maximum Gasteiger partial charge on any atom is 0.0621 e. The highest BCUT2D eigenvalue weighted by Crippen LogP contribution is 2.20. The number of benzene rings is 1. The molecule has 0 bridgehead atoms. The van der Waals surface area contributed by atoms with Crippen LogP contribution in [-0.2, 0) is 11.3 Å². The molecule has 1 aliphatic heterocycles. The van der Waals surface area contributed by atoms with Crippen molar-refractivity contribution < 1.29 is 4.74 Å². The topological polar surface area (TPSA) is 12.5 Å². The summed E-state index contributed by atoms with van der Waals surface area (Å²) >= 11 is 0. The van der Waals surface area contributed by atoms with E-state index in [-0.39, 0.29) is 0 Å². The Kier molecular flexibility index (Phi) is 3.97. The van der Waals surface area contributed by atoms with E-state index < -0.39 is 0 Å². The molecule has 0 unspecified atom stereocenters. The molecule has 2 heteroatoms. The SMILES string of the molecule is CO[C@@H]1CCN(Cc2ccccc2)C[C@@H]1C. The van der Waals surface area contributed by atoms with Crippen LogP contribution in [0, 0.1) is 5.92 Å². The van der Waals surface area contributed by atoms with E-state index in [1.807, 2.05) is 7.11 Å². The Bertz CT molecular complexity index is 312. The van der Waals surface area contributed by atoms with Crippen LogP contribution in [0.5, 0.6) is 0 Å². The van der Waals surface area contributed by atoms with E-state index in [0.717, 1.165) is 26.1 Å². The lowest BCUT2D eigenvalue weighted by atomic mass is 9.96. The molecule has 1 aromatic rings. The largest absolute Gasteiger partial charge is 0.381 e. The first-order chi connectivity index (χ1) is 7.79. The first-order valence-corrected chi connectivity index (χ1v) is 6.08. The van der Waals surface area contributed by atoms with Crippen molar-refractivity contribution in [3.63, 3.8) is 0 Å². The highest BCUT2D eigenvalue weighted by atomic mass is 16.5. The second-order valence-corrected chi connectivity index (χ2v) is 4.76. The summed E-state index contributed by atoms with van der Waals surface area (Å²) in [7, 11) is 1.83. The average Bonchev–Trinajstić information content (AvgIpc) is 2.31. The minimum Gasteiger partial charge on any atom is -0.381 e. The number of hydrogen-bond acceptors (Lipinski definition) is 2. The van der Waals surface area contributed by atoms with Gasteiger partial charge >= 0.3 is 0 Å². The summed E-state index contributed by atoms with van der Waals surface area (Å²) in [6.07, 6.45) is 1.61. The fourth-order valence-corrected chi connectivity index (χ4v) is 2.55. The number of rotatable bonds is 3. The minimum atomic E-state index is 0.451. The molecule has 0 saturated carbocycles. The summed E-state index contributed by atoms with van der Waals surface area (Å²) in [5.74, 6) is 0.641. The van der Waals surface area contributed by atoms with Crippen LogP contribution in [0.2, 0.25) is 0 Å². The third kappa shape index (κ3) is 2.83. The molecular formula is C14H21NO. The van der Waals surface area contributed by atoms with Crippen LogP contribution in [0.15, 0.2) is 30.3 Å². The van der Waals surface area contributed by atoms with Gasteiger partial charge < -0.3 is 4.74 Å². The van der Waals surface area contributed by atoms with Crippen molar-refractivity contribution >= 4 is 0 Å². The van der Waals surface area contributed by atoms with Crippen molar-refractivity contribution in [3.8, 4) is 0 Å². The Morgan fingerprint density at radius 2 is 2.06 bits per heavy atom. The molecular weight excluding hydrogens is 198 g/mol. The van der Waals surface area contributed by atoms with E-state index >= 15 is 0 Å². The van der Waals surface area contributed by atoms with Crippen molar-refractivity contribution in [3.05, 3.63) is 35.9 Å². The molecule has 2 atom stereocenters. The first-order valence-electron chi connectivity index (χ1n) is 6.08. The summed E-state index contributed by atoms with van der Waals surface area (Å²) in [5, 5.41) is 0. The van der Waals surface area contributed by atoms with Gasteiger partial charge in [-0.3, -0.25) is 4.90 Å². The Morgan fingerprint density at radius 3 is 2.69 bits per heavy atom. The molecule has 1 aromatic carbocycles. The first kappa shape index (κ1) is 11.6. The number of nitrogens with zero attached hydrogens (tertiary/aromatic N) is 1. The van der Waals surface area contributed by atoms with Crippen LogP contribution in [0.1, 0.15) is 18.9 Å². The third-order valence-corrected chi connectivity index (χ3v) is 3.46. The van der Waals surface area contributed by atoms with Gasteiger partial charge in [-0.25, -0.2) is 0 Å². The van der Waals surface area contributed by atoms with Crippen molar-refractivity contribution in [2.24, 2.45) is 5.92 Å². The number of hydrogen-bond donors (Lipinski definition) is 0. The molecule has 0 aromatic heterocycles. The average molecular weight is 219 g/mol. The van der Waals surface area contributed by atoms with Crippen molar-refractivity contribution in [2.45, 2.75) is 26.0 Å². The molecule has 1 saturated heterocycles. The van der Waals surface area contributed by atoms with E-state index in [9.17, 15) is 0 Å². The Hall–Kier alpha value is -0.860. The van der Waals surface area contributed by atoms with Gasteiger partial charge in [-0.2, -0.15) is 0 Å². The Morgan fingerprint density at radius 1 is 1.31 bits per heavy atom. The fourth-order valence-electron chi connectivity index (χ4n) is 2.55. The van der Waals surface area contributed by atoms with Crippen LogP contribution in [0.4, 0.5) is 0 Å². The number of piperidine rings is 1. The predicted molar refractivity (Wildman–Crippen MR) is 66.3 cm³/mol. The van der Waals surface area contributed by atoms with Crippen LogP contribution >= 0.6 is 0 Å². The van der Waals surface area contributed by atoms with Gasteiger partial charge in [-0.1, -0.05) is 37.3 Å². The highest BCUT2D eigenvalue weighted by Gasteiger charge is 2.25. The molecule has 0 spiro atoms. The molecule has 2 nitrogen and oxygen atoms in total. The molecule has 1 aliphatic rings. The predicted octanol–water partition coefficient (Wildman–Crippen LogP) is 2.54. The second kappa shape index (κ2) is 5.46. The van der Waals surface area contributed by atoms with Crippen LogP contribution in [-0.4, -0.2) is 31.2 Å². The Labute approximate surface area is 98.2 Å². The van der Waals surface area contributed by atoms with E-state index in [4.69, 9.17) is 4.74 Å². The second-order valence-electron chi connectivity index (χ2n) is 4.76. The Balaban J connectivity index is 1.89. The molecule has 0 N–H and O–H groups in total. The smallest absolute Gasteiger partial charge is 0.0621 e. The standard InChI is InChI=1S/C14H21NO/c1-12-10-15(9-8-14(12)16-2)11-13-6-4-3-5-7-13/h3-7,12,14H,8-11H2,1-2H3/t12-,14+/m0/s1. The summed E-state index contributed by atoms with van der Waals surface area (Å²) in [5.41, 5.74) is 1.41. The summed E-state index contributed by atoms with van der Waals surface area (Å²) in [4.78, 5) is 2.52. The fraction of sp³-hybridized carbons (Fsp3) is 0.571. The van der Waals surface area contributed by atoms with Gasteiger partial charge in [0.1, 0.15) is 0 Å². The van der Waals surface area contributed by atoms with Crippen molar-refractivity contribution in [1.82, 2.24) is 4.90 Å². The third-order valence-electron chi connectivity index (χ3n) is 3.46. The summed E-state index contributed by atoms with van der Waals surface area (Å²) in [6.45, 7) is 5.65. The van der Waals surface area contributed by atoms with Gasteiger partial charge in [0.15, 0.2) is 0 Å². The van der Waals surface area contributed by atoms with Gasteiger partial charge in [0.2, 0.25) is 0 Å². The molecule has 0 radical (unpaired) electrons. The molecule has 2 rings (SSSR count). The van der Waals surface area contributed by atoms with Crippen LogP contribution < -0.4 is 0 Å². The van der Waals surface area contributed by atoms with E-state index in [1.54, 1.807) is 0 Å². The van der Waals surface area contributed by atoms with Gasteiger partial charge in [0.25, 0.3) is 0 Å². The monoisotopic (exact) mass is 219 g/mol. The zero-order valence-electron chi connectivity index (χ0n) is 10.2. The number of likely N-dealkylation sites (tertiary alicyclic amines) is 1.